The van der Waals surface area contributed by atoms with Crippen molar-refractivity contribution in [1.29, 1.82) is 0 Å². The number of carbonyl (C=O) groups excluding carboxylic acids is 1. The van der Waals surface area contributed by atoms with Crippen molar-refractivity contribution in [3.8, 4) is 0 Å². The van der Waals surface area contributed by atoms with E-state index in [0.717, 1.165) is 13.1 Å². The summed E-state index contributed by atoms with van der Waals surface area (Å²) < 4.78 is 0. The average molecular weight is 221 g/mol. The fourth-order valence-corrected chi connectivity index (χ4v) is 2.10. The molecule has 4 nitrogen and oxygen atoms in total. The Hall–Kier alpha value is -1.29. The van der Waals surface area contributed by atoms with Gasteiger partial charge in [0.25, 0.3) is 0 Å². The molecule has 16 heavy (non-hydrogen) atoms. The SMILES string of the molecule is CC(C)N1CC(NCc2cc[nH]c2)CC1=O. The highest BCUT2D eigenvalue weighted by Crippen LogP contribution is 2.14. The summed E-state index contributed by atoms with van der Waals surface area (Å²) >= 11 is 0. The Kier molecular flexibility index (Phi) is 3.29. The molecule has 1 fully saturated rings. The van der Waals surface area contributed by atoms with Gasteiger partial charge in [-0.25, -0.2) is 0 Å². The van der Waals surface area contributed by atoms with E-state index in [1.54, 1.807) is 0 Å². The number of nitrogens with zero attached hydrogens (tertiary/aromatic N) is 1. The van der Waals surface area contributed by atoms with Gasteiger partial charge in [0.15, 0.2) is 0 Å². The molecule has 0 aliphatic carbocycles. The van der Waals surface area contributed by atoms with Crippen LogP contribution >= 0.6 is 0 Å². The molecule has 0 saturated carbocycles. The minimum atomic E-state index is 0.265. The highest BCUT2D eigenvalue weighted by Gasteiger charge is 2.30. The Morgan fingerprint density at radius 2 is 2.44 bits per heavy atom. The maximum atomic E-state index is 11.7. The molecule has 1 unspecified atom stereocenters. The predicted molar refractivity (Wildman–Crippen MR) is 62.9 cm³/mol. The van der Waals surface area contributed by atoms with Crippen LogP contribution in [-0.4, -0.2) is 34.4 Å². The first-order valence-corrected chi connectivity index (χ1v) is 5.81. The van der Waals surface area contributed by atoms with Crippen molar-refractivity contribution in [1.82, 2.24) is 15.2 Å². The van der Waals surface area contributed by atoms with Gasteiger partial charge in [0.1, 0.15) is 0 Å². The maximum absolute atomic E-state index is 11.7. The number of aromatic nitrogens is 1. The van der Waals surface area contributed by atoms with Crippen LogP contribution in [0.15, 0.2) is 18.5 Å². The van der Waals surface area contributed by atoms with Crippen LogP contribution in [-0.2, 0) is 11.3 Å². The molecule has 0 bridgehead atoms. The van der Waals surface area contributed by atoms with E-state index in [2.05, 4.69) is 24.1 Å². The zero-order valence-electron chi connectivity index (χ0n) is 9.86. The number of aromatic amines is 1. The molecular weight excluding hydrogens is 202 g/mol. The molecule has 0 radical (unpaired) electrons. The number of rotatable bonds is 4. The molecule has 1 aliphatic rings. The summed E-state index contributed by atoms with van der Waals surface area (Å²) in [5, 5.41) is 3.42. The minimum absolute atomic E-state index is 0.265. The van der Waals surface area contributed by atoms with Crippen LogP contribution in [0.3, 0.4) is 0 Å². The van der Waals surface area contributed by atoms with Crippen LogP contribution in [0.1, 0.15) is 25.8 Å². The zero-order valence-corrected chi connectivity index (χ0v) is 9.86. The monoisotopic (exact) mass is 221 g/mol. The molecule has 88 valence electrons. The van der Waals surface area contributed by atoms with Crippen molar-refractivity contribution in [3.05, 3.63) is 24.0 Å². The van der Waals surface area contributed by atoms with Gasteiger partial charge in [-0.15, -0.1) is 0 Å². The van der Waals surface area contributed by atoms with Gasteiger partial charge in [0.2, 0.25) is 5.91 Å². The van der Waals surface area contributed by atoms with Gasteiger partial charge in [-0.3, -0.25) is 4.79 Å². The number of H-pyrrole nitrogens is 1. The second kappa shape index (κ2) is 4.70. The number of carbonyl (C=O) groups is 1. The first-order chi connectivity index (χ1) is 7.66. The molecule has 1 amide bonds. The molecule has 0 aromatic carbocycles. The molecule has 1 aromatic rings. The Labute approximate surface area is 96.0 Å². The molecule has 1 saturated heterocycles. The molecule has 4 heteroatoms. The highest BCUT2D eigenvalue weighted by molar-refractivity contribution is 5.79. The summed E-state index contributed by atoms with van der Waals surface area (Å²) in [5.41, 5.74) is 1.23. The van der Waals surface area contributed by atoms with Gasteiger partial charge in [0, 0.05) is 44.0 Å². The van der Waals surface area contributed by atoms with Crippen molar-refractivity contribution in [3.63, 3.8) is 0 Å². The lowest BCUT2D eigenvalue weighted by molar-refractivity contribution is -0.129. The van der Waals surface area contributed by atoms with Gasteiger partial charge in [-0.05, 0) is 25.5 Å². The molecule has 2 rings (SSSR count). The summed E-state index contributed by atoms with van der Waals surface area (Å²) in [7, 11) is 0. The quantitative estimate of drug-likeness (QED) is 0.800. The third kappa shape index (κ3) is 2.44. The van der Waals surface area contributed by atoms with E-state index in [1.165, 1.54) is 5.56 Å². The largest absolute Gasteiger partial charge is 0.367 e. The molecular formula is C12H19N3O. The smallest absolute Gasteiger partial charge is 0.224 e. The number of hydrogen-bond acceptors (Lipinski definition) is 2. The summed E-state index contributed by atoms with van der Waals surface area (Å²) in [6.45, 7) is 5.78. The Bertz CT molecular complexity index is 345. The van der Waals surface area contributed by atoms with Gasteiger partial charge in [-0.2, -0.15) is 0 Å². The second-order valence-corrected chi connectivity index (χ2v) is 4.64. The normalized spacial score (nSPS) is 21.1. The van der Waals surface area contributed by atoms with Gasteiger partial charge >= 0.3 is 0 Å². The summed E-state index contributed by atoms with van der Waals surface area (Å²) in [6, 6.07) is 2.65. The topological polar surface area (TPSA) is 48.1 Å². The van der Waals surface area contributed by atoms with Crippen molar-refractivity contribution >= 4 is 5.91 Å². The number of hydrogen-bond donors (Lipinski definition) is 2. The van der Waals surface area contributed by atoms with Crippen LogP contribution < -0.4 is 5.32 Å². The lowest BCUT2D eigenvalue weighted by atomic mass is 10.2. The Balaban J connectivity index is 1.82. The van der Waals surface area contributed by atoms with E-state index in [0.29, 0.717) is 18.5 Å². The summed E-state index contributed by atoms with van der Waals surface area (Å²) in [4.78, 5) is 16.6. The van der Waals surface area contributed by atoms with Crippen LogP contribution in [0, 0.1) is 0 Å². The van der Waals surface area contributed by atoms with Crippen molar-refractivity contribution in [2.75, 3.05) is 6.54 Å². The van der Waals surface area contributed by atoms with Crippen molar-refractivity contribution in [2.45, 2.75) is 38.9 Å². The summed E-state index contributed by atoms with van der Waals surface area (Å²) in [6.07, 6.45) is 4.52. The second-order valence-electron chi connectivity index (χ2n) is 4.64. The molecule has 1 aliphatic heterocycles. The van der Waals surface area contributed by atoms with E-state index in [4.69, 9.17) is 0 Å². The third-order valence-corrected chi connectivity index (χ3v) is 3.04. The predicted octanol–water partition coefficient (Wildman–Crippen LogP) is 1.11. The van der Waals surface area contributed by atoms with Crippen LogP contribution in [0.5, 0.6) is 0 Å². The van der Waals surface area contributed by atoms with Gasteiger partial charge in [-0.1, -0.05) is 0 Å². The molecule has 2 heterocycles. The Morgan fingerprint density at radius 1 is 1.62 bits per heavy atom. The zero-order chi connectivity index (χ0) is 11.5. The standard InChI is InChI=1S/C12H19N3O/c1-9(2)15-8-11(5-12(15)16)14-7-10-3-4-13-6-10/h3-4,6,9,11,13-14H,5,7-8H2,1-2H3. The van der Waals surface area contributed by atoms with Crippen molar-refractivity contribution < 1.29 is 4.79 Å². The first-order valence-electron chi connectivity index (χ1n) is 5.81. The van der Waals surface area contributed by atoms with Crippen LogP contribution in [0.2, 0.25) is 0 Å². The lowest BCUT2D eigenvalue weighted by Gasteiger charge is -2.21. The highest BCUT2D eigenvalue weighted by atomic mass is 16.2. The molecule has 1 aromatic heterocycles. The van der Waals surface area contributed by atoms with Crippen LogP contribution in [0.25, 0.3) is 0 Å². The van der Waals surface area contributed by atoms with Crippen molar-refractivity contribution in [2.24, 2.45) is 0 Å². The summed E-state index contributed by atoms with van der Waals surface area (Å²) in [5.74, 6) is 0.265. The molecule has 0 spiro atoms. The fourth-order valence-electron chi connectivity index (χ4n) is 2.10. The number of likely N-dealkylation sites (tertiary alicyclic amines) is 1. The minimum Gasteiger partial charge on any atom is -0.367 e. The third-order valence-electron chi connectivity index (χ3n) is 3.04. The van der Waals surface area contributed by atoms with E-state index in [9.17, 15) is 4.79 Å². The van der Waals surface area contributed by atoms with E-state index in [-0.39, 0.29) is 5.91 Å². The van der Waals surface area contributed by atoms with E-state index in [1.807, 2.05) is 23.4 Å². The number of amides is 1. The fraction of sp³-hybridized carbons (Fsp3) is 0.583. The molecule has 2 N–H and O–H groups in total. The van der Waals surface area contributed by atoms with Crippen LogP contribution in [0.4, 0.5) is 0 Å². The average Bonchev–Trinajstić information content (AvgIpc) is 2.83. The number of nitrogens with one attached hydrogen (secondary N) is 2. The first kappa shape index (κ1) is 11.2. The van der Waals surface area contributed by atoms with Gasteiger partial charge < -0.3 is 15.2 Å². The van der Waals surface area contributed by atoms with E-state index < -0.39 is 0 Å². The lowest BCUT2D eigenvalue weighted by Crippen LogP contribution is -2.35. The maximum Gasteiger partial charge on any atom is 0.224 e. The van der Waals surface area contributed by atoms with Gasteiger partial charge in [0.05, 0.1) is 0 Å². The Morgan fingerprint density at radius 3 is 3.00 bits per heavy atom. The van der Waals surface area contributed by atoms with E-state index >= 15 is 0 Å². The molecule has 1 atom stereocenters.